The van der Waals surface area contributed by atoms with Crippen molar-refractivity contribution in [1.29, 1.82) is 0 Å². The van der Waals surface area contributed by atoms with Crippen LogP contribution in [0.15, 0.2) is 6.20 Å². The van der Waals surface area contributed by atoms with Gasteiger partial charge in [0, 0.05) is 23.2 Å². The van der Waals surface area contributed by atoms with Gasteiger partial charge in [-0.3, -0.25) is 4.68 Å². The minimum absolute atomic E-state index is 0.141. The molecule has 0 radical (unpaired) electrons. The van der Waals surface area contributed by atoms with E-state index in [1.807, 2.05) is 25.0 Å². The Labute approximate surface area is 112 Å². The number of nitrogens with zero attached hydrogens (tertiary/aromatic N) is 3. The summed E-state index contributed by atoms with van der Waals surface area (Å²) in [5, 5.41) is 8.79. The van der Waals surface area contributed by atoms with Crippen LogP contribution in [0, 0.1) is 13.8 Å². The van der Waals surface area contributed by atoms with Crippen molar-refractivity contribution in [2.24, 2.45) is 7.05 Å². The summed E-state index contributed by atoms with van der Waals surface area (Å²) in [6.45, 7) is 6.38. The molecule has 0 fully saturated rings. The lowest BCUT2D eigenvalue weighted by Gasteiger charge is -2.13. The van der Waals surface area contributed by atoms with Crippen LogP contribution >= 0.6 is 11.3 Å². The van der Waals surface area contributed by atoms with Crippen molar-refractivity contribution in [3.8, 4) is 0 Å². The van der Waals surface area contributed by atoms with E-state index in [0.717, 1.165) is 11.4 Å². The van der Waals surface area contributed by atoms with Crippen molar-refractivity contribution in [3.05, 3.63) is 33.0 Å². The third kappa shape index (κ3) is 2.20. The molecule has 0 saturated carbocycles. The molecule has 0 amide bonds. The zero-order valence-corrected chi connectivity index (χ0v) is 12.4. The number of aryl methyl sites for hydroxylation is 3. The van der Waals surface area contributed by atoms with Gasteiger partial charge in [0.15, 0.2) is 0 Å². The molecule has 0 aliphatic carbocycles. The Balaban J connectivity index is 2.42. The monoisotopic (exact) mass is 264 g/mol. The zero-order valence-electron chi connectivity index (χ0n) is 11.6. The molecule has 5 heteroatoms. The topological polar surface area (TPSA) is 42.7 Å². The fraction of sp³-hybridized carbons (Fsp3) is 0.538. The first-order chi connectivity index (χ1) is 8.58. The molecule has 18 heavy (non-hydrogen) atoms. The first-order valence-corrected chi connectivity index (χ1v) is 7.02. The lowest BCUT2D eigenvalue weighted by atomic mass is 10.1. The predicted molar refractivity (Wildman–Crippen MR) is 75.1 cm³/mol. The van der Waals surface area contributed by atoms with Gasteiger partial charge in [-0.2, -0.15) is 5.10 Å². The van der Waals surface area contributed by atoms with Gasteiger partial charge in [-0.15, -0.1) is 11.3 Å². The van der Waals surface area contributed by atoms with E-state index >= 15 is 0 Å². The lowest BCUT2D eigenvalue weighted by Crippen LogP contribution is -2.18. The number of thiazole rings is 1. The van der Waals surface area contributed by atoms with Crippen molar-refractivity contribution in [1.82, 2.24) is 20.1 Å². The minimum Gasteiger partial charge on any atom is -0.307 e. The predicted octanol–water partition coefficient (Wildman–Crippen LogP) is 2.36. The number of hydrogen-bond acceptors (Lipinski definition) is 4. The van der Waals surface area contributed by atoms with Gasteiger partial charge in [0.05, 0.1) is 17.9 Å². The van der Waals surface area contributed by atoms with E-state index in [2.05, 4.69) is 31.2 Å². The normalized spacial score (nSPS) is 12.9. The Kier molecular flexibility index (Phi) is 3.82. The highest BCUT2D eigenvalue weighted by atomic mass is 32.1. The van der Waals surface area contributed by atoms with Crippen LogP contribution in [0.2, 0.25) is 0 Å². The molecule has 4 nitrogen and oxygen atoms in total. The molecule has 0 spiro atoms. The van der Waals surface area contributed by atoms with Crippen molar-refractivity contribution in [3.63, 3.8) is 0 Å². The minimum atomic E-state index is 0.141. The van der Waals surface area contributed by atoms with Crippen molar-refractivity contribution < 1.29 is 0 Å². The summed E-state index contributed by atoms with van der Waals surface area (Å²) >= 11 is 1.77. The van der Waals surface area contributed by atoms with E-state index in [0.29, 0.717) is 0 Å². The zero-order chi connectivity index (χ0) is 13.3. The molecule has 2 aromatic rings. The van der Waals surface area contributed by atoms with Crippen molar-refractivity contribution >= 4 is 11.3 Å². The Hall–Kier alpha value is -1.20. The summed E-state index contributed by atoms with van der Waals surface area (Å²) in [5.74, 6) is 0. The summed E-state index contributed by atoms with van der Waals surface area (Å²) in [6, 6.07) is 0.141. The highest BCUT2D eigenvalue weighted by Crippen LogP contribution is 2.29. The molecule has 0 bridgehead atoms. The maximum atomic E-state index is 4.75. The number of hydrogen-bond donors (Lipinski definition) is 1. The van der Waals surface area contributed by atoms with E-state index in [9.17, 15) is 0 Å². The third-order valence-electron chi connectivity index (χ3n) is 3.36. The average Bonchev–Trinajstić information content (AvgIpc) is 2.88. The van der Waals surface area contributed by atoms with Crippen LogP contribution < -0.4 is 5.32 Å². The lowest BCUT2D eigenvalue weighted by molar-refractivity contribution is 0.672. The number of rotatable bonds is 4. The molecule has 2 heterocycles. The Bertz CT molecular complexity index is 541. The highest BCUT2D eigenvalue weighted by molar-refractivity contribution is 7.11. The molecule has 0 saturated heterocycles. The van der Waals surface area contributed by atoms with Crippen molar-refractivity contribution in [2.45, 2.75) is 33.2 Å². The standard InChI is InChI=1S/C13H20N4S/c1-6-11-9(3)18-13(16-11)12(14-4)10-7-15-17(5)8(10)2/h7,12,14H,6H2,1-5H3. The van der Waals surface area contributed by atoms with E-state index in [1.165, 1.54) is 21.8 Å². The summed E-state index contributed by atoms with van der Waals surface area (Å²) in [5.41, 5.74) is 3.59. The molecule has 1 N–H and O–H groups in total. The Morgan fingerprint density at radius 1 is 1.44 bits per heavy atom. The van der Waals surface area contributed by atoms with Gasteiger partial charge in [0.25, 0.3) is 0 Å². The fourth-order valence-electron chi connectivity index (χ4n) is 2.11. The molecule has 0 aromatic carbocycles. The van der Waals surface area contributed by atoms with E-state index in [1.54, 1.807) is 11.3 Å². The maximum absolute atomic E-state index is 4.75. The van der Waals surface area contributed by atoms with Gasteiger partial charge in [-0.05, 0) is 27.3 Å². The summed E-state index contributed by atoms with van der Waals surface area (Å²) in [4.78, 5) is 6.06. The van der Waals surface area contributed by atoms with E-state index in [-0.39, 0.29) is 6.04 Å². The van der Waals surface area contributed by atoms with Crippen LogP contribution in [0.3, 0.4) is 0 Å². The maximum Gasteiger partial charge on any atom is 0.115 e. The van der Waals surface area contributed by atoms with Crippen LogP contribution in [-0.4, -0.2) is 21.8 Å². The van der Waals surface area contributed by atoms with Crippen molar-refractivity contribution in [2.75, 3.05) is 7.05 Å². The second-order valence-corrected chi connectivity index (χ2v) is 5.67. The molecule has 98 valence electrons. The van der Waals surface area contributed by atoms with Gasteiger partial charge >= 0.3 is 0 Å². The molecular formula is C13H20N4S. The molecule has 0 aliphatic heterocycles. The molecule has 0 aliphatic rings. The van der Waals surface area contributed by atoms with E-state index < -0.39 is 0 Å². The summed E-state index contributed by atoms with van der Waals surface area (Å²) < 4.78 is 1.90. The largest absolute Gasteiger partial charge is 0.307 e. The SMILES string of the molecule is CCc1nc(C(NC)c2cnn(C)c2C)sc1C. The number of aromatic nitrogens is 3. The second-order valence-electron chi connectivity index (χ2n) is 4.44. The number of nitrogens with one attached hydrogen (secondary N) is 1. The smallest absolute Gasteiger partial charge is 0.115 e. The Morgan fingerprint density at radius 3 is 2.61 bits per heavy atom. The fourth-order valence-corrected chi connectivity index (χ4v) is 3.25. The van der Waals surface area contributed by atoms with Gasteiger partial charge in [-0.1, -0.05) is 6.92 Å². The third-order valence-corrected chi connectivity index (χ3v) is 4.44. The van der Waals surface area contributed by atoms with Crippen LogP contribution in [0.1, 0.15) is 39.8 Å². The molecule has 1 unspecified atom stereocenters. The van der Waals surface area contributed by atoms with Gasteiger partial charge < -0.3 is 5.32 Å². The second kappa shape index (κ2) is 5.20. The van der Waals surface area contributed by atoms with Gasteiger partial charge in [0.1, 0.15) is 5.01 Å². The molecule has 2 aromatic heterocycles. The average molecular weight is 264 g/mol. The van der Waals surface area contributed by atoms with Crippen LogP contribution in [0.4, 0.5) is 0 Å². The molecule has 2 rings (SSSR count). The van der Waals surface area contributed by atoms with E-state index in [4.69, 9.17) is 4.98 Å². The molecular weight excluding hydrogens is 244 g/mol. The van der Waals surface area contributed by atoms with Gasteiger partial charge in [-0.25, -0.2) is 4.98 Å². The first-order valence-electron chi connectivity index (χ1n) is 6.20. The molecule has 1 atom stereocenters. The van der Waals surface area contributed by atoms with Crippen LogP contribution in [0.5, 0.6) is 0 Å². The first kappa shape index (κ1) is 13.2. The van der Waals surface area contributed by atoms with Crippen LogP contribution in [0.25, 0.3) is 0 Å². The van der Waals surface area contributed by atoms with Gasteiger partial charge in [0.2, 0.25) is 0 Å². The summed E-state index contributed by atoms with van der Waals surface area (Å²) in [6.07, 6.45) is 2.92. The Morgan fingerprint density at radius 2 is 2.17 bits per heavy atom. The quantitative estimate of drug-likeness (QED) is 0.922. The highest BCUT2D eigenvalue weighted by Gasteiger charge is 2.21. The van der Waals surface area contributed by atoms with Crippen LogP contribution in [-0.2, 0) is 13.5 Å². The summed E-state index contributed by atoms with van der Waals surface area (Å²) in [7, 11) is 3.94.